The van der Waals surface area contributed by atoms with Crippen LogP contribution in [0.3, 0.4) is 0 Å². The second-order valence-electron chi connectivity index (χ2n) is 4.16. The normalized spacial score (nSPS) is 16.7. The van der Waals surface area contributed by atoms with Gasteiger partial charge in [-0.3, -0.25) is 0 Å². The van der Waals surface area contributed by atoms with Crippen molar-refractivity contribution >= 4 is 17.7 Å². The highest BCUT2D eigenvalue weighted by Gasteiger charge is 2.23. The van der Waals surface area contributed by atoms with Gasteiger partial charge in [0, 0.05) is 32.0 Å². The van der Waals surface area contributed by atoms with E-state index in [1.807, 2.05) is 0 Å². The Morgan fingerprint density at radius 1 is 1.44 bits per heavy atom. The van der Waals surface area contributed by atoms with Gasteiger partial charge in [-0.05, 0) is 12.1 Å². The first-order chi connectivity index (χ1) is 8.56. The zero-order chi connectivity index (χ0) is 13.1. The number of carboxylic acid groups (broad SMARTS) is 1. The van der Waals surface area contributed by atoms with Crippen LogP contribution in [0.1, 0.15) is 12.8 Å². The van der Waals surface area contributed by atoms with Crippen molar-refractivity contribution in [3.05, 3.63) is 29.0 Å². The maximum atomic E-state index is 13.0. The number of carbonyl (C=O) groups is 1. The Bertz CT molecular complexity index is 447. The van der Waals surface area contributed by atoms with Gasteiger partial charge in [0.15, 0.2) is 0 Å². The zero-order valence-corrected chi connectivity index (χ0v) is 10.4. The third kappa shape index (κ3) is 3.04. The van der Waals surface area contributed by atoms with E-state index in [0.29, 0.717) is 36.7 Å². The highest BCUT2D eigenvalue weighted by atomic mass is 35.5. The first kappa shape index (κ1) is 13.0. The number of piperidine rings is 1. The van der Waals surface area contributed by atoms with E-state index in [4.69, 9.17) is 21.4 Å². The first-order valence-corrected chi connectivity index (χ1v) is 6.03. The molecule has 18 heavy (non-hydrogen) atoms. The highest BCUT2D eigenvalue weighted by Crippen LogP contribution is 2.28. The Hall–Kier alpha value is -1.49. The van der Waals surface area contributed by atoms with E-state index in [0.717, 1.165) is 0 Å². The summed E-state index contributed by atoms with van der Waals surface area (Å²) >= 11 is 5.90. The molecule has 1 fully saturated rings. The molecule has 1 aliphatic heterocycles. The van der Waals surface area contributed by atoms with E-state index in [9.17, 15) is 9.18 Å². The van der Waals surface area contributed by atoms with E-state index in [1.54, 1.807) is 0 Å². The van der Waals surface area contributed by atoms with E-state index in [1.165, 1.54) is 23.1 Å². The molecule has 1 heterocycles. The Kier molecular flexibility index (Phi) is 3.91. The second kappa shape index (κ2) is 5.44. The third-order valence-corrected chi connectivity index (χ3v) is 3.21. The number of ether oxygens (including phenoxy) is 1. The van der Waals surface area contributed by atoms with Crippen LogP contribution in [0.15, 0.2) is 18.2 Å². The van der Waals surface area contributed by atoms with Gasteiger partial charge in [0.05, 0.1) is 5.02 Å². The van der Waals surface area contributed by atoms with Crippen LogP contribution in [0, 0.1) is 5.82 Å². The van der Waals surface area contributed by atoms with Crippen molar-refractivity contribution in [2.45, 2.75) is 18.9 Å². The molecule has 0 spiro atoms. The van der Waals surface area contributed by atoms with Crippen molar-refractivity contribution in [1.29, 1.82) is 0 Å². The molecule has 1 aromatic carbocycles. The molecule has 98 valence electrons. The summed E-state index contributed by atoms with van der Waals surface area (Å²) in [6, 6.07) is 3.95. The quantitative estimate of drug-likeness (QED) is 0.901. The molecule has 1 aromatic rings. The SMILES string of the molecule is O=C(O)N1CCC(Oc2cc(F)ccc2Cl)CC1. The van der Waals surface area contributed by atoms with E-state index < -0.39 is 11.9 Å². The molecule has 1 amide bonds. The summed E-state index contributed by atoms with van der Waals surface area (Å²) in [4.78, 5) is 12.1. The van der Waals surface area contributed by atoms with Crippen LogP contribution in [0.5, 0.6) is 5.75 Å². The van der Waals surface area contributed by atoms with Crippen molar-refractivity contribution in [1.82, 2.24) is 4.90 Å². The summed E-state index contributed by atoms with van der Waals surface area (Å²) in [6.45, 7) is 0.847. The van der Waals surface area contributed by atoms with Crippen LogP contribution in [0.2, 0.25) is 5.02 Å². The summed E-state index contributed by atoms with van der Waals surface area (Å²) < 4.78 is 18.6. The molecule has 0 radical (unpaired) electrons. The lowest BCUT2D eigenvalue weighted by Gasteiger charge is -2.30. The van der Waals surface area contributed by atoms with Crippen LogP contribution in [0.25, 0.3) is 0 Å². The van der Waals surface area contributed by atoms with Crippen molar-refractivity contribution in [2.75, 3.05) is 13.1 Å². The van der Waals surface area contributed by atoms with Crippen LogP contribution in [-0.2, 0) is 0 Å². The number of benzene rings is 1. The molecule has 0 atom stereocenters. The van der Waals surface area contributed by atoms with E-state index >= 15 is 0 Å². The van der Waals surface area contributed by atoms with Gasteiger partial charge in [0.25, 0.3) is 0 Å². The van der Waals surface area contributed by atoms with Crippen LogP contribution in [-0.4, -0.2) is 35.3 Å². The van der Waals surface area contributed by atoms with Gasteiger partial charge >= 0.3 is 6.09 Å². The average molecular weight is 274 g/mol. The minimum absolute atomic E-state index is 0.125. The fourth-order valence-corrected chi connectivity index (χ4v) is 2.07. The number of hydrogen-bond acceptors (Lipinski definition) is 2. The topological polar surface area (TPSA) is 49.8 Å². The number of likely N-dealkylation sites (tertiary alicyclic amines) is 1. The zero-order valence-electron chi connectivity index (χ0n) is 9.60. The predicted molar refractivity (Wildman–Crippen MR) is 64.7 cm³/mol. The summed E-state index contributed by atoms with van der Waals surface area (Å²) in [5.74, 6) is -0.0946. The lowest BCUT2D eigenvalue weighted by Crippen LogP contribution is -2.41. The van der Waals surface area contributed by atoms with Crippen molar-refractivity contribution in [3.8, 4) is 5.75 Å². The molecule has 1 aliphatic rings. The standard InChI is InChI=1S/C12H13ClFNO3/c13-10-2-1-8(14)7-11(10)18-9-3-5-15(6-4-9)12(16)17/h1-2,7,9H,3-6H2,(H,16,17). The Balaban J connectivity index is 1.95. The Morgan fingerprint density at radius 2 is 2.11 bits per heavy atom. The number of nitrogens with zero attached hydrogens (tertiary/aromatic N) is 1. The minimum Gasteiger partial charge on any atom is -0.489 e. The molecular weight excluding hydrogens is 261 g/mol. The fraction of sp³-hybridized carbons (Fsp3) is 0.417. The molecule has 0 bridgehead atoms. The number of amides is 1. The monoisotopic (exact) mass is 273 g/mol. The number of rotatable bonds is 2. The summed E-state index contributed by atoms with van der Waals surface area (Å²) in [7, 11) is 0. The number of halogens is 2. The summed E-state index contributed by atoms with van der Waals surface area (Å²) in [5, 5.41) is 9.17. The summed E-state index contributed by atoms with van der Waals surface area (Å²) in [5.41, 5.74) is 0. The number of hydrogen-bond donors (Lipinski definition) is 1. The maximum Gasteiger partial charge on any atom is 0.407 e. The minimum atomic E-state index is -0.919. The van der Waals surface area contributed by atoms with Crippen molar-refractivity contribution < 1.29 is 19.0 Å². The molecule has 6 heteroatoms. The van der Waals surface area contributed by atoms with Gasteiger partial charge in [0.1, 0.15) is 17.7 Å². The van der Waals surface area contributed by atoms with E-state index in [2.05, 4.69) is 0 Å². The molecule has 4 nitrogen and oxygen atoms in total. The van der Waals surface area contributed by atoms with Gasteiger partial charge in [-0.15, -0.1) is 0 Å². The van der Waals surface area contributed by atoms with Crippen LogP contribution < -0.4 is 4.74 Å². The van der Waals surface area contributed by atoms with Gasteiger partial charge in [-0.1, -0.05) is 11.6 Å². The Morgan fingerprint density at radius 3 is 2.72 bits per heavy atom. The first-order valence-electron chi connectivity index (χ1n) is 5.66. The smallest absolute Gasteiger partial charge is 0.407 e. The molecule has 0 unspecified atom stereocenters. The van der Waals surface area contributed by atoms with Gasteiger partial charge in [0.2, 0.25) is 0 Å². The predicted octanol–water partition coefficient (Wildman–Crippen LogP) is 3.00. The van der Waals surface area contributed by atoms with Gasteiger partial charge in [-0.25, -0.2) is 9.18 Å². The highest BCUT2D eigenvalue weighted by molar-refractivity contribution is 6.32. The molecule has 0 saturated carbocycles. The largest absolute Gasteiger partial charge is 0.489 e. The van der Waals surface area contributed by atoms with Crippen molar-refractivity contribution in [2.24, 2.45) is 0 Å². The van der Waals surface area contributed by atoms with Gasteiger partial charge < -0.3 is 14.7 Å². The molecular formula is C12H13ClFNO3. The lowest BCUT2D eigenvalue weighted by molar-refractivity contribution is 0.0894. The lowest BCUT2D eigenvalue weighted by atomic mass is 10.1. The summed E-state index contributed by atoms with van der Waals surface area (Å²) in [6.07, 6.45) is 0.121. The molecule has 1 saturated heterocycles. The van der Waals surface area contributed by atoms with Crippen molar-refractivity contribution in [3.63, 3.8) is 0 Å². The van der Waals surface area contributed by atoms with E-state index in [-0.39, 0.29) is 6.10 Å². The molecule has 0 aliphatic carbocycles. The molecule has 1 N–H and O–H groups in total. The van der Waals surface area contributed by atoms with Crippen LogP contribution in [0.4, 0.5) is 9.18 Å². The maximum absolute atomic E-state index is 13.0. The Labute approximate surface area is 109 Å². The van der Waals surface area contributed by atoms with Crippen LogP contribution >= 0.6 is 11.6 Å². The average Bonchev–Trinajstić information content (AvgIpc) is 2.34. The van der Waals surface area contributed by atoms with Gasteiger partial charge in [-0.2, -0.15) is 0 Å². The molecule has 2 rings (SSSR count). The third-order valence-electron chi connectivity index (χ3n) is 2.90. The fourth-order valence-electron chi connectivity index (χ4n) is 1.91. The molecule has 0 aromatic heterocycles. The second-order valence-corrected chi connectivity index (χ2v) is 4.57.